The summed E-state index contributed by atoms with van der Waals surface area (Å²) in [6.07, 6.45) is -0.491. The van der Waals surface area contributed by atoms with Crippen LogP contribution in [0.5, 0.6) is 0 Å². The highest BCUT2D eigenvalue weighted by atomic mass is 79.9. The van der Waals surface area contributed by atoms with E-state index in [-0.39, 0.29) is 19.6 Å². The molecule has 1 rings (SSSR count). The Labute approximate surface area is 175 Å². The van der Waals surface area contributed by atoms with Crippen molar-refractivity contribution in [3.05, 3.63) is 33.8 Å². The van der Waals surface area contributed by atoms with E-state index in [1.807, 2.05) is 19.1 Å². The quantitative estimate of drug-likeness (QED) is 0.332. The van der Waals surface area contributed by atoms with Gasteiger partial charge in [-0.3, -0.25) is 14.4 Å². The molecule has 1 aromatic rings. The monoisotopic (exact) mass is 456 g/mol. The Hall–Kier alpha value is -1.89. The van der Waals surface area contributed by atoms with Crippen LogP contribution in [0.1, 0.15) is 52.2 Å². The second-order valence-corrected chi connectivity index (χ2v) is 8.40. The summed E-state index contributed by atoms with van der Waals surface area (Å²) < 4.78 is 16.6. The lowest BCUT2D eigenvalue weighted by molar-refractivity contribution is -0.179. The van der Waals surface area contributed by atoms with Gasteiger partial charge in [-0.2, -0.15) is 0 Å². The first kappa shape index (κ1) is 24.1. The van der Waals surface area contributed by atoms with Crippen molar-refractivity contribution in [3.8, 4) is 0 Å². The minimum Gasteiger partial charge on any atom is -0.465 e. The van der Waals surface area contributed by atoms with E-state index < -0.39 is 35.3 Å². The van der Waals surface area contributed by atoms with E-state index in [1.165, 1.54) is 0 Å². The van der Waals surface area contributed by atoms with Crippen LogP contribution in [-0.4, -0.2) is 36.7 Å². The second kappa shape index (κ2) is 10.0. The third-order valence-electron chi connectivity index (χ3n) is 3.93. The Balaban J connectivity index is 3.40. The summed E-state index contributed by atoms with van der Waals surface area (Å²) in [6, 6.07) is 5.48. The van der Waals surface area contributed by atoms with Gasteiger partial charge < -0.3 is 14.2 Å². The smallest absolute Gasteiger partial charge is 0.324 e. The second-order valence-electron chi connectivity index (χ2n) is 7.55. The number of aryl methyl sites for hydroxylation is 1. The Morgan fingerprint density at radius 3 is 1.96 bits per heavy atom. The first-order valence-corrected chi connectivity index (χ1v) is 10.1. The standard InChI is InChI=1S/C21H29BrO6/c1-7-26-18(24)21(19(25)27-8-2,13-17(23)28-20(4,5)6)12-15-9-10-16(22)14(3)11-15/h9-11H,7-8,12-13H2,1-6H3. The van der Waals surface area contributed by atoms with Gasteiger partial charge in [-0.1, -0.05) is 28.1 Å². The first-order valence-electron chi connectivity index (χ1n) is 9.26. The third kappa shape index (κ3) is 6.62. The van der Waals surface area contributed by atoms with Crippen molar-refractivity contribution in [2.45, 2.75) is 60.0 Å². The highest BCUT2D eigenvalue weighted by molar-refractivity contribution is 9.10. The van der Waals surface area contributed by atoms with Crippen molar-refractivity contribution in [2.24, 2.45) is 5.41 Å². The number of esters is 3. The van der Waals surface area contributed by atoms with Crippen LogP contribution in [0, 0.1) is 12.3 Å². The fraction of sp³-hybridized carbons (Fsp3) is 0.571. The van der Waals surface area contributed by atoms with Gasteiger partial charge in [0.1, 0.15) is 5.60 Å². The average Bonchev–Trinajstić information content (AvgIpc) is 2.56. The van der Waals surface area contributed by atoms with Gasteiger partial charge in [0.15, 0.2) is 5.41 Å². The van der Waals surface area contributed by atoms with Crippen molar-refractivity contribution in [3.63, 3.8) is 0 Å². The normalized spacial score (nSPS) is 11.7. The molecule has 156 valence electrons. The molecule has 0 aliphatic rings. The summed E-state index contributed by atoms with van der Waals surface area (Å²) in [4.78, 5) is 38.4. The van der Waals surface area contributed by atoms with Crippen LogP contribution < -0.4 is 0 Å². The van der Waals surface area contributed by atoms with Gasteiger partial charge in [0.05, 0.1) is 19.6 Å². The molecule has 0 spiro atoms. The van der Waals surface area contributed by atoms with Crippen LogP contribution in [0.2, 0.25) is 0 Å². The van der Waals surface area contributed by atoms with Crippen molar-refractivity contribution >= 4 is 33.8 Å². The summed E-state index contributed by atoms with van der Waals surface area (Å²) in [5.41, 5.74) is -0.906. The van der Waals surface area contributed by atoms with E-state index in [9.17, 15) is 14.4 Å². The van der Waals surface area contributed by atoms with Crippen LogP contribution >= 0.6 is 15.9 Å². The van der Waals surface area contributed by atoms with Crippen LogP contribution in [0.25, 0.3) is 0 Å². The lowest BCUT2D eigenvalue weighted by Crippen LogP contribution is -2.46. The average molecular weight is 457 g/mol. The van der Waals surface area contributed by atoms with E-state index in [2.05, 4.69) is 15.9 Å². The van der Waals surface area contributed by atoms with Crippen molar-refractivity contribution in [1.82, 2.24) is 0 Å². The van der Waals surface area contributed by atoms with Gasteiger partial charge in [-0.05, 0) is 65.2 Å². The lowest BCUT2D eigenvalue weighted by atomic mass is 9.78. The fourth-order valence-electron chi connectivity index (χ4n) is 2.76. The number of carbonyl (C=O) groups excluding carboxylic acids is 3. The van der Waals surface area contributed by atoms with E-state index in [0.717, 1.165) is 10.0 Å². The molecule has 0 amide bonds. The van der Waals surface area contributed by atoms with Gasteiger partial charge >= 0.3 is 17.9 Å². The Kier molecular flexibility index (Phi) is 8.67. The summed E-state index contributed by atoms with van der Waals surface area (Å²) in [5, 5.41) is 0. The molecule has 0 N–H and O–H groups in total. The number of halogens is 1. The SMILES string of the molecule is CCOC(=O)C(CC(=O)OC(C)(C)C)(Cc1ccc(Br)c(C)c1)C(=O)OCC. The zero-order chi connectivity index (χ0) is 21.5. The minimum atomic E-state index is -1.81. The van der Waals surface area contributed by atoms with Crippen LogP contribution in [0.3, 0.4) is 0 Å². The summed E-state index contributed by atoms with van der Waals surface area (Å²) >= 11 is 3.43. The maximum atomic E-state index is 12.9. The van der Waals surface area contributed by atoms with Crippen molar-refractivity contribution < 1.29 is 28.6 Å². The molecule has 0 unspecified atom stereocenters. The molecule has 7 heteroatoms. The number of hydrogen-bond donors (Lipinski definition) is 0. The molecule has 0 heterocycles. The minimum absolute atomic E-state index is 0.0297. The third-order valence-corrected chi connectivity index (χ3v) is 4.82. The van der Waals surface area contributed by atoms with E-state index in [4.69, 9.17) is 14.2 Å². The van der Waals surface area contributed by atoms with Gasteiger partial charge in [-0.25, -0.2) is 0 Å². The Morgan fingerprint density at radius 1 is 1.00 bits per heavy atom. The van der Waals surface area contributed by atoms with Gasteiger partial charge in [-0.15, -0.1) is 0 Å². The number of benzene rings is 1. The number of rotatable bonds is 8. The molecular formula is C21H29BrO6. The molecule has 0 atom stereocenters. The highest BCUT2D eigenvalue weighted by Crippen LogP contribution is 2.33. The van der Waals surface area contributed by atoms with Gasteiger partial charge in [0.25, 0.3) is 0 Å². The molecule has 28 heavy (non-hydrogen) atoms. The summed E-state index contributed by atoms with van der Waals surface area (Å²) in [5.74, 6) is -2.25. The molecular weight excluding hydrogens is 428 g/mol. The largest absolute Gasteiger partial charge is 0.465 e. The number of carbonyl (C=O) groups is 3. The molecule has 0 aromatic heterocycles. The number of hydrogen-bond acceptors (Lipinski definition) is 6. The predicted octanol–water partition coefficient (Wildman–Crippen LogP) is 4.14. The van der Waals surface area contributed by atoms with Crippen LogP contribution in [-0.2, 0) is 35.0 Å². The van der Waals surface area contributed by atoms with Gasteiger partial charge in [0, 0.05) is 4.47 Å². The zero-order valence-corrected chi connectivity index (χ0v) is 19.0. The molecule has 0 radical (unpaired) electrons. The molecule has 0 fully saturated rings. The predicted molar refractivity (Wildman–Crippen MR) is 109 cm³/mol. The molecule has 6 nitrogen and oxygen atoms in total. The van der Waals surface area contributed by atoms with Crippen LogP contribution in [0.15, 0.2) is 22.7 Å². The summed E-state index contributed by atoms with van der Waals surface area (Å²) in [7, 11) is 0. The molecule has 0 bridgehead atoms. The maximum absolute atomic E-state index is 12.9. The van der Waals surface area contributed by atoms with Crippen LogP contribution in [0.4, 0.5) is 0 Å². The van der Waals surface area contributed by atoms with E-state index >= 15 is 0 Å². The molecule has 0 aliphatic carbocycles. The first-order chi connectivity index (χ1) is 12.9. The van der Waals surface area contributed by atoms with E-state index in [0.29, 0.717) is 5.56 Å². The van der Waals surface area contributed by atoms with Crippen molar-refractivity contribution in [2.75, 3.05) is 13.2 Å². The number of ether oxygens (including phenoxy) is 3. The Bertz CT molecular complexity index is 702. The zero-order valence-electron chi connectivity index (χ0n) is 17.4. The molecule has 0 saturated heterocycles. The fourth-order valence-corrected chi connectivity index (χ4v) is 3.01. The summed E-state index contributed by atoms with van der Waals surface area (Å²) in [6.45, 7) is 10.5. The maximum Gasteiger partial charge on any atom is 0.324 e. The molecule has 0 aliphatic heterocycles. The lowest BCUT2D eigenvalue weighted by Gasteiger charge is -2.30. The van der Waals surface area contributed by atoms with Gasteiger partial charge in [0.2, 0.25) is 0 Å². The van der Waals surface area contributed by atoms with Crippen molar-refractivity contribution in [1.29, 1.82) is 0 Å². The molecule has 1 aromatic carbocycles. The topological polar surface area (TPSA) is 78.9 Å². The van der Waals surface area contributed by atoms with E-state index in [1.54, 1.807) is 40.7 Å². The molecule has 0 saturated carbocycles. The highest BCUT2D eigenvalue weighted by Gasteiger charge is 2.51. The Morgan fingerprint density at radius 2 is 1.54 bits per heavy atom.